The Labute approximate surface area is 95.8 Å². The van der Waals surface area contributed by atoms with Crippen LogP contribution in [0.25, 0.3) is 0 Å². The molecule has 5 nitrogen and oxygen atoms in total. The van der Waals surface area contributed by atoms with Gasteiger partial charge in [0.05, 0.1) is 17.9 Å². The number of hydrogen-bond donors (Lipinski definition) is 1. The van der Waals surface area contributed by atoms with Crippen LogP contribution in [0, 0.1) is 16.7 Å². The van der Waals surface area contributed by atoms with E-state index < -0.39 is 11.4 Å². The maximum absolute atomic E-state index is 11.8. The first-order valence-corrected chi connectivity index (χ1v) is 5.31. The molecule has 1 atom stereocenters. The average Bonchev–Trinajstić information content (AvgIpc) is 2.24. The van der Waals surface area contributed by atoms with E-state index in [2.05, 4.69) is 5.32 Å². The molecule has 0 radical (unpaired) electrons. The van der Waals surface area contributed by atoms with Crippen LogP contribution in [0.1, 0.15) is 33.6 Å². The third-order valence-electron chi connectivity index (χ3n) is 2.46. The molecule has 0 spiro atoms. The summed E-state index contributed by atoms with van der Waals surface area (Å²) in [5.41, 5.74) is -0.920. The SMILES string of the molecule is CCNC(=O)C(CC)(CC#N)COC(C)=O. The molecule has 0 rings (SSSR count). The quantitative estimate of drug-likeness (QED) is 0.685. The summed E-state index contributed by atoms with van der Waals surface area (Å²) in [6.45, 7) is 5.33. The minimum Gasteiger partial charge on any atom is -0.465 e. The van der Waals surface area contributed by atoms with E-state index in [-0.39, 0.29) is 18.9 Å². The van der Waals surface area contributed by atoms with Crippen LogP contribution in [-0.2, 0) is 14.3 Å². The molecule has 0 saturated heterocycles. The first-order chi connectivity index (χ1) is 7.52. The first kappa shape index (κ1) is 14.4. The van der Waals surface area contributed by atoms with Crippen molar-refractivity contribution in [2.75, 3.05) is 13.2 Å². The van der Waals surface area contributed by atoms with Crippen LogP contribution in [-0.4, -0.2) is 25.0 Å². The molecule has 0 aliphatic carbocycles. The summed E-state index contributed by atoms with van der Waals surface area (Å²) in [5.74, 6) is -0.680. The van der Waals surface area contributed by atoms with E-state index in [9.17, 15) is 9.59 Å². The Kier molecular flexibility index (Phi) is 6.16. The van der Waals surface area contributed by atoms with E-state index in [1.165, 1.54) is 6.92 Å². The molecule has 0 aromatic carbocycles. The van der Waals surface area contributed by atoms with Gasteiger partial charge < -0.3 is 10.1 Å². The molecule has 5 heteroatoms. The molecule has 1 unspecified atom stereocenters. The van der Waals surface area contributed by atoms with E-state index in [1.807, 2.05) is 6.07 Å². The van der Waals surface area contributed by atoms with Crippen molar-refractivity contribution in [3.63, 3.8) is 0 Å². The number of nitriles is 1. The second-order valence-corrected chi connectivity index (χ2v) is 3.61. The van der Waals surface area contributed by atoms with Crippen molar-refractivity contribution in [2.24, 2.45) is 5.41 Å². The van der Waals surface area contributed by atoms with Gasteiger partial charge in [-0.15, -0.1) is 0 Å². The summed E-state index contributed by atoms with van der Waals surface area (Å²) in [5, 5.41) is 11.4. The molecule has 0 aromatic heterocycles. The Balaban J connectivity index is 4.77. The van der Waals surface area contributed by atoms with E-state index in [0.29, 0.717) is 13.0 Å². The Morgan fingerprint density at radius 3 is 2.44 bits per heavy atom. The van der Waals surface area contributed by atoms with Gasteiger partial charge in [0.15, 0.2) is 0 Å². The molecule has 0 heterocycles. The third-order valence-corrected chi connectivity index (χ3v) is 2.46. The van der Waals surface area contributed by atoms with Gasteiger partial charge >= 0.3 is 5.97 Å². The van der Waals surface area contributed by atoms with Crippen molar-refractivity contribution in [1.82, 2.24) is 5.32 Å². The summed E-state index contributed by atoms with van der Waals surface area (Å²) in [6, 6.07) is 1.97. The maximum Gasteiger partial charge on any atom is 0.302 e. The highest BCUT2D eigenvalue weighted by Crippen LogP contribution is 2.27. The monoisotopic (exact) mass is 226 g/mol. The highest BCUT2D eigenvalue weighted by atomic mass is 16.5. The Hall–Kier alpha value is -1.57. The van der Waals surface area contributed by atoms with Crippen LogP contribution in [0.3, 0.4) is 0 Å². The second-order valence-electron chi connectivity index (χ2n) is 3.61. The molecule has 16 heavy (non-hydrogen) atoms. The minimum atomic E-state index is -0.920. The van der Waals surface area contributed by atoms with E-state index in [0.717, 1.165) is 0 Å². The van der Waals surface area contributed by atoms with Crippen molar-refractivity contribution < 1.29 is 14.3 Å². The average molecular weight is 226 g/mol. The van der Waals surface area contributed by atoms with Crippen LogP contribution >= 0.6 is 0 Å². The number of esters is 1. The fourth-order valence-corrected chi connectivity index (χ4v) is 1.32. The molecular weight excluding hydrogens is 208 g/mol. The van der Waals surface area contributed by atoms with Gasteiger partial charge in [-0.3, -0.25) is 9.59 Å². The van der Waals surface area contributed by atoms with E-state index in [1.54, 1.807) is 13.8 Å². The number of carbonyl (C=O) groups excluding carboxylic acids is 2. The van der Waals surface area contributed by atoms with Crippen molar-refractivity contribution >= 4 is 11.9 Å². The summed E-state index contributed by atoms with van der Waals surface area (Å²) in [7, 11) is 0. The smallest absolute Gasteiger partial charge is 0.302 e. The molecular formula is C11H18N2O3. The summed E-state index contributed by atoms with van der Waals surface area (Å²) < 4.78 is 4.87. The van der Waals surface area contributed by atoms with Crippen LogP contribution in [0.5, 0.6) is 0 Å². The standard InChI is InChI=1S/C11H18N2O3/c1-4-11(6-7-12,8-16-9(3)14)10(15)13-5-2/h4-6,8H2,1-3H3,(H,13,15). The molecule has 90 valence electrons. The van der Waals surface area contributed by atoms with Crippen molar-refractivity contribution in [3.05, 3.63) is 0 Å². The normalized spacial score (nSPS) is 13.4. The fraction of sp³-hybridized carbons (Fsp3) is 0.727. The fourth-order valence-electron chi connectivity index (χ4n) is 1.32. The van der Waals surface area contributed by atoms with Gasteiger partial charge in [-0.1, -0.05) is 6.92 Å². The zero-order valence-corrected chi connectivity index (χ0v) is 10.0. The number of carbonyl (C=O) groups is 2. The van der Waals surface area contributed by atoms with Gasteiger partial charge in [0.1, 0.15) is 6.61 Å². The Bertz CT molecular complexity index is 296. The van der Waals surface area contributed by atoms with Crippen LogP contribution in [0.4, 0.5) is 0 Å². The lowest BCUT2D eigenvalue weighted by atomic mass is 9.82. The number of nitrogens with one attached hydrogen (secondary N) is 1. The summed E-state index contributed by atoms with van der Waals surface area (Å²) in [6.07, 6.45) is 0.502. The van der Waals surface area contributed by atoms with Gasteiger partial charge in [-0.2, -0.15) is 5.26 Å². The summed E-state index contributed by atoms with van der Waals surface area (Å²) >= 11 is 0. The lowest BCUT2D eigenvalue weighted by Crippen LogP contribution is -2.44. The van der Waals surface area contributed by atoms with Crippen LogP contribution in [0.15, 0.2) is 0 Å². The number of ether oxygens (including phenoxy) is 1. The largest absolute Gasteiger partial charge is 0.465 e. The predicted octanol–water partition coefficient (Wildman–Crippen LogP) is 0.996. The number of nitrogens with zero attached hydrogens (tertiary/aromatic N) is 1. The van der Waals surface area contributed by atoms with Crippen LogP contribution in [0.2, 0.25) is 0 Å². The predicted molar refractivity (Wildman–Crippen MR) is 58.3 cm³/mol. The highest BCUT2D eigenvalue weighted by Gasteiger charge is 2.37. The van der Waals surface area contributed by atoms with Crippen molar-refractivity contribution in [3.8, 4) is 6.07 Å². The summed E-state index contributed by atoms with van der Waals surface area (Å²) in [4.78, 5) is 22.6. The van der Waals surface area contributed by atoms with Gasteiger partial charge in [-0.05, 0) is 13.3 Å². The molecule has 1 amide bonds. The zero-order valence-electron chi connectivity index (χ0n) is 10.0. The van der Waals surface area contributed by atoms with Crippen molar-refractivity contribution in [2.45, 2.75) is 33.6 Å². The van der Waals surface area contributed by atoms with Gasteiger partial charge in [0, 0.05) is 13.5 Å². The molecule has 0 aliphatic rings. The third kappa shape index (κ3) is 3.89. The minimum absolute atomic E-state index is 0.0434. The van der Waals surface area contributed by atoms with Gasteiger partial charge in [0.2, 0.25) is 5.91 Å². The Morgan fingerprint density at radius 2 is 2.06 bits per heavy atom. The molecule has 0 saturated carbocycles. The van der Waals surface area contributed by atoms with Crippen molar-refractivity contribution in [1.29, 1.82) is 5.26 Å². The lowest BCUT2D eigenvalue weighted by Gasteiger charge is -2.27. The highest BCUT2D eigenvalue weighted by molar-refractivity contribution is 5.83. The molecule has 0 aliphatic heterocycles. The van der Waals surface area contributed by atoms with E-state index >= 15 is 0 Å². The van der Waals surface area contributed by atoms with Gasteiger partial charge in [-0.25, -0.2) is 0 Å². The van der Waals surface area contributed by atoms with Crippen LogP contribution < -0.4 is 5.32 Å². The molecule has 0 bridgehead atoms. The number of hydrogen-bond acceptors (Lipinski definition) is 4. The topological polar surface area (TPSA) is 79.2 Å². The number of rotatable bonds is 6. The number of amides is 1. The van der Waals surface area contributed by atoms with Gasteiger partial charge in [0.25, 0.3) is 0 Å². The molecule has 1 N–H and O–H groups in total. The zero-order chi connectivity index (χ0) is 12.6. The lowest BCUT2D eigenvalue weighted by molar-refractivity contribution is -0.148. The second kappa shape index (κ2) is 6.83. The first-order valence-electron chi connectivity index (χ1n) is 5.31. The Morgan fingerprint density at radius 1 is 1.44 bits per heavy atom. The molecule has 0 fully saturated rings. The van der Waals surface area contributed by atoms with E-state index in [4.69, 9.17) is 10.00 Å². The molecule has 0 aromatic rings. The maximum atomic E-state index is 11.8.